The van der Waals surface area contributed by atoms with Crippen molar-refractivity contribution >= 4 is 132 Å². The molecule has 1 atom stereocenters. The monoisotopic (exact) mass is 1090 g/mol. The van der Waals surface area contributed by atoms with Crippen LogP contribution in [0.3, 0.4) is 0 Å². The van der Waals surface area contributed by atoms with Crippen LogP contribution in [0.15, 0.2) is 282 Å². The van der Waals surface area contributed by atoms with Crippen LogP contribution >= 0.6 is 0 Å². The number of allylic oxidation sites excluding steroid dienone is 2. The molecular formula is C79H54N4O2. The molecule has 4 aromatic heterocycles. The van der Waals surface area contributed by atoms with E-state index in [0.717, 1.165) is 90.1 Å². The predicted octanol–water partition coefficient (Wildman–Crippen LogP) is 21.6. The summed E-state index contributed by atoms with van der Waals surface area (Å²) in [6, 6.07) is 93.2. The van der Waals surface area contributed by atoms with Gasteiger partial charge in [0.15, 0.2) is 0 Å². The number of hydrogen-bond acceptors (Lipinski definition) is 4. The van der Waals surface area contributed by atoms with Crippen molar-refractivity contribution in [2.75, 3.05) is 9.80 Å². The Hall–Kier alpha value is -10.8. The van der Waals surface area contributed by atoms with Gasteiger partial charge >= 0.3 is 0 Å². The number of aromatic nitrogens is 2. The van der Waals surface area contributed by atoms with Gasteiger partial charge in [-0.25, -0.2) is 0 Å². The Balaban J connectivity index is 0.827. The van der Waals surface area contributed by atoms with Crippen molar-refractivity contribution in [2.24, 2.45) is 0 Å². The third-order valence-electron chi connectivity index (χ3n) is 18.5. The number of anilines is 5. The molecule has 85 heavy (non-hydrogen) atoms. The fraction of sp³-hybridized carbons (Fsp3) is 0.0633. The second-order valence-electron chi connectivity index (χ2n) is 23.5. The average molecular weight is 1090 g/mol. The fourth-order valence-corrected chi connectivity index (χ4v) is 14.7. The van der Waals surface area contributed by atoms with E-state index in [1.54, 1.807) is 0 Å². The molecule has 0 radical (unpaired) electrons. The number of nitrogens with zero attached hydrogens (tertiary/aromatic N) is 4. The van der Waals surface area contributed by atoms with E-state index >= 15 is 0 Å². The minimum absolute atomic E-state index is 0.0237. The molecule has 0 saturated carbocycles. The summed E-state index contributed by atoms with van der Waals surface area (Å²) < 4.78 is 17.8. The highest BCUT2D eigenvalue weighted by atomic mass is 16.3. The minimum atomic E-state index is -0.409. The second kappa shape index (κ2) is 18.1. The molecule has 4 heterocycles. The van der Waals surface area contributed by atoms with Gasteiger partial charge in [-0.1, -0.05) is 166 Å². The van der Waals surface area contributed by atoms with Gasteiger partial charge in [0.25, 0.3) is 0 Å². The largest absolute Gasteiger partial charge is 0.456 e. The number of rotatable bonds is 8. The van der Waals surface area contributed by atoms with E-state index in [2.05, 4.69) is 294 Å². The SMILES string of the molecule is CC1(C)c2cc(N(c3ccc4oc5ccccc5c4c3)C3C=C(n4c5ccccc5c5ccccc54)C=CC3)ccc2-c2c1cc(N(c1cccc(-n3c4ccccc4c4ccccc43)c1)c1ccc3oc4ccccc4c3c1)c1ccccc21. The van der Waals surface area contributed by atoms with Crippen LogP contribution < -0.4 is 9.80 Å². The Bertz CT molecular complexity index is 5440. The lowest BCUT2D eigenvalue weighted by atomic mass is 9.81. The van der Waals surface area contributed by atoms with Crippen molar-refractivity contribution in [3.8, 4) is 16.8 Å². The van der Waals surface area contributed by atoms with Crippen LogP contribution in [0.4, 0.5) is 28.4 Å². The molecule has 18 rings (SSSR count). The molecule has 0 amide bonds. The summed E-state index contributed by atoms with van der Waals surface area (Å²) in [5.74, 6) is 0. The smallest absolute Gasteiger partial charge is 0.135 e. The van der Waals surface area contributed by atoms with Gasteiger partial charge in [0.05, 0.1) is 33.8 Å². The quantitative estimate of drug-likeness (QED) is 0.152. The van der Waals surface area contributed by atoms with Crippen LogP contribution in [-0.4, -0.2) is 15.2 Å². The second-order valence-corrected chi connectivity index (χ2v) is 23.5. The first-order valence-corrected chi connectivity index (χ1v) is 29.5. The van der Waals surface area contributed by atoms with Crippen LogP contribution in [0.2, 0.25) is 0 Å². The molecule has 0 saturated heterocycles. The number of benzene rings is 12. The van der Waals surface area contributed by atoms with Gasteiger partial charge in [0.1, 0.15) is 22.3 Å². The van der Waals surface area contributed by atoms with Crippen molar-refractivity contribution in [1.82, 2.24) is 9.13 Å². The van der Waals surface area contributed by atoms with Crippen LogP contribution in [0.25, 0.3) is 121 Å². The Labute approximate surface area is 490 Å². The zero-order valence-corrected chi connectivity index (χ0v) is 46.9. The van der Waals surface area contributed by atoms with Crippen molar-refractivity contribution < 1.29 is 8.83 Å². The number of fused-ring (bicyclic) bond motifs is 17. The van der Waals surface area contributed by atoms with Gasteiger partial charge in [0, 0.05) is 88.0 Å². The molecule has 6 heteroatoms. The first-order chi connectivity index (χ1) is 41.9. The number of furan rings is 2. The lowest BCUT2D eigenvalue weighted by molar-refractivity contribution is 0.660. The molecule has 0 spiro atoms. The Morgan fingerprint density at radius 2 is 0.871 bits per heavy atom. The van der Waals surface area contributed by atoms with Crippen molar-refractivity contribution in [2.45, 2.75) is 31.7 Å². The molecular weight excluding hydrogens is 1040 g/mol. The molecule has 2 aliphatic carbocycles. The lowest BCUT2D eigenvalue weighted by Gasteiger charge is -2.35. The van der Waals surface area contributed by atoms with Crippen molar-refractivity contribution in [1.29, 1.82) is 0 Å². The van der Waals surface area contributed by atoms with Crippen molar-refractivity contribution in [3.63, 3.8) is 0 Å². The average Bonchev–Trinajstić information content (AvgIpc) is 2.04. The van der Waals surface area contributed by atoms with Gasteiger partial charge in [-0.2, -0.15) is 0 Å². The van der Waals surface area contributed by atoms with Gasteiger partial charge in [-0.05, 0) is 155 Å². The summed E-state index contributed by atoms with van der Waals surface area (Å²) in [6.45, 7) is 4.85. The predicted molar refractivity (Wildman–Crippen MR) is 355 cm³/mol. The standard InChI is InChI=1S/C79H54N4O2/c1-79(2)67-47-55(80(53-38-41-76-65(45-53)61-28-9-15-35-74(61)84-76)49-19-17-21-51(43-49)82-69-31-11-5-23-56(69)57-24-6-12-32-70(57)82)37-40-64(67)78-63-30-4-3-27-60(63)73(48-68(78)79)81(54-39-42-77-66(46-54)62-29-10-16-36-75(62)85-77)50-20-18-22-52(44-50)83-71-33-13-7-25-58(71)59-26-8-14-34-72(59)83/h3-18,20-49H,19H2,1-2H3. The van der Waals surface area contributed by atoms with E-state index in [0.29, 0.717) is 0 Å². The topological polar surface area (TPSA) is 42.6 Å². The summed E-state index contributed by atoms with van der Waals surface area (Å²) in [4.78, 5) is 5.06. The van der Waals surface area contributed by atoms with Crippen LogP contribution in [-0.2, 0) is 5.41 Å². The minimum Gasteiger partial charge on any atom is -0.456 e. The van der Waals surface area contributed by atoms with Crippen LogP contribution in [0, 0.1) is 0 Å². The van der Waals surface area contributed by atoms with Gasteiger partial charge in [-0.15, -0.1) is 0 Å². The molecule has 1 unspecified atom stereocenters. The van der Waals surface area contributed by atoms with E-state index in [1.807, 2.05) is 12.1 Å². The normalized spacial score (nSPS) is 14.7. The molecule has 0 N–H and O–H groups in total. The van der Waals surface area contributed by atoms with Gasteiger partial charge in [0.2, 0.25) is 0 Å². The summed E-state index contributed by atoms with van der Waals surface area (Å²) in [6.07, 6.45) is 7.98. The maximum Gasteiger partial charge on any atom is 0.135 e. The van der Waals surface area contributed by atoms with E-state index in [1.165, 1.54) is 76.6 Å². The maximum atomic E-state index is 6.48. The first kappa shape index (κ1) is 47.8. The summed E-state index contributed by atoms with van der Waals surface area (Å²) >= 11 is 0. The molecule has 12 aromatic carbocycles. The first-order valence-electron chi connectivity index (χ1n) is 29.5. The van der Waals surface area contributed by atoms with E-state index in [9.17, 15) is 0 Å². The van der Waals surface area contributed by atoms with E-state index in [4.69, 9.17) is 8.83 Å². The molecule has 402 valence electrons. The highest BCUT2D eigenvalue weighted by Crippen LogP contribution is 2.56. The van der Waals surface area contributed by atoms with Gasteiger partial charge < -0.3 is 27.8 Å². The third kappa shape index (κ3) is 7.06. The van der Waals surface area contributed by atoms with E-state index in [-0.39, 0.29) is 6.04 Å². The van der Waals surface area contributed by atoms with Gasteiger partial charge in [-0.3, -0.25) is 0 Å². The molecule has 0 fully saturated rings. The Morgan fingerprint density at radius 3 is 1.49 bits per heavy atom. The fourth-order valence-electron chi connectivity index (χ4n) is 14.7. The summed E-state index contributed by atoms with van der Waals surface area (Å²) in [7, 11) is 0. The Morgan fingerprint density at radius 1 is 0.388 bits per heavy atom. The number of para-hydroxylation sites is 6. The lowest BCUT2D eigenvalue weighted by Crippen LogP contribution is -2.31. The molecule has 2 aliphatic rings. The molecule has 0 bridgehead atoms. The van der Waals surface area contributed by atoms with Crippen molar-refractivity contribution in [3.05, 3.63) is 284 Å². The molecule has 16 aromatic rings. The summed E-state index contributed by atoms with van der Waals surface area (Å²) in [5.41, 5.74) is 20.7. The molecule has 6 nitrogen and oxygen atoms in total. The zero-order chi connectivity index (χ0) is 56.1. The number of hydrogen-bond donors (Lipinski definition) is 0. The highest BCUT2D eigenvalue weighted by molar-refractivity contribution is 6.14. The highest BCUT2D eigenvalue weighted by Gasteiger charge is 2.39. The Kier molecular flexibility index (Phi) is 10.2. The third-order valence-corrected chi connectivity index (χ3v) is 18.5. The van der Waals surface area contributed by atoms with Crippen LogP contribution in [0.1, 0.15) is 31.4 Å². The van der Waals surface area contributed by atoms with E-state index < -0.39 is 5.41 Å². The molecule has 0 aliphatic heterocycles. The van der Waals surface area contributed by atoms with Crippen LogP contribution in [0.5, 0.6) is 0 Å². The zero-order valence-electron chi connectivity index (χ0n) is 46.9. The summed E-state index contributed by atoms with van der Waals surface area (Å²) in [5, 5.41) is 11.8. The maximum absolute atomic E-state index is 6.48.